The first-order valence-electron chi connectivity index (χ1n) is 9.62. The van der Waals surface area contributed by atoms with Crippen molar-refractivity contribution in [2.24, 2.45) is 0 Å². The molecule has 1 N–H and O–H groups in total. The minimum atomic E-state index is -3.12. The Bertz CT molecular complexity index is 1040. The zero-order valence-corrected chi connectivity index (χ0v) is 17.5. The molecule has 8 heteroatoms. The standard InChI is InChI=1S/C20H24N4O2S2/c1-2-14-28(25,26)24-11-9-15(10-12-24)21-19-16-6-3-4-7-17(16)22-20(23-19)18-8-5-13-27-18/h3-8,13,15H,2,9-12,14H2,1H3,(H,21,22,23). The van der Waals surface area contributed by atoms with Crippen LogP contribution in [0.25, 0.3) is 21.6 Å². The third-order valence-electron chi connectivity index (χ3n) is 5.00. The molecule has 0 spiro atoms. The molecule has 1 aliphatic heterocycles. The number of anilines is 1. The number of nitrogens with zero attached hydrogens (tertiary/aromatic N) is 3. The van der Waals surface area contributed by atoms with Crippen LogP contribution in [0.5, 0.6) is 0 Å². The Kier molecular flexibility index (Phi) is 5.61. The normalized spacial score (nSPS) is 16.5. The van der Waals surface area contributed by atoms with Crippen LogP contribution in [-0.4, -0.2) is 47.6 Å². The fraction of sp³-hybridized carbons (Fsp3) is 0.400. The number of sulfonamides is 1. The molecule has 0 amide bonds. The number of hydrogen-bond donors (Lipinski definition) is 1. The van der Waals surface area contributed by atoms with Crippen LogP contribution < -0.4 is 5.32 Å². The number of nitrogens with one attached hydrogen (secondary N) is 1. The number of benzene rings is 1. The Morgan fingerprint density at radius 2 is 1.93 bits per heavy atom. The van der Waals surface area contributed by atoms with E-state index in [0.29, 0.717) is 19.5 Å². The largest absolute Gasteiger partial charge is 0.367 e. The number of rotatable bonds is 6. The second kappa shape index (κ2) is 8.14. The van der Waals surface area contributed by atoms with Crippen molar-refractivity contribution >= 4 is 38.1 Å². The zero-order chi connectivity index (χ0) is 19.6. The average molecular weight is 417 g/mol. The van der Waals surface area contributed by atoms with Crippen LogP contribution >= 0.6 is 11.3 Å². The number of piperidine rings is 1. The first-order valence-corrected chi connectivity index (χ1v) is 12.1. The predicted octanol–water partition coefficient (Wildman–Crippen LogP) is 3.97. The molecule has 4 rings (SSSR count). The van der Waals surface area contributed by atoms with Crippen molar-refractivity contribution in [2.45, 2.75) is 32.2 Å². The van der Waals surface area contributed by atoms with Gasteiger partial charge in [-0.3, -0.25) is 0 Å². The number of fused-ring (bicyclic) bond motifs is 1. The summed E-state index contributed by atoms with van der Waals surface area (Å²) in [7, 11) is -3.12. The minimum absolute atomic E-state index is 0.197. The lowest BCUT2D eigenvalue weighted by Gasteiger charge is -2.32. The van der Waals surface area contributed by atoms with Gasteiger partial charge in [0.15, 0.2) is 5.82 Å². The molecule has 1 fully saturated rings. The SMILES string of the molecule is CCCS(=O)(=O)N1CCC(Nc2nc(-c3cccs3)nc3ccccc23)CC1. The monoisotopic (exact) mass is 416 g/mol. The average Bonchev–Trinajstić information content (AvgIpc) is 3.23. The van der Waals surface area contributed by atoms with Gasteiger partial charge in [-0.05, 0) is 42.8 Å². The van der Waals surface area contributed by atoms with Gasteiger partial charge in [-0.1, -0.05) is 25.1 Å². The highest BCUT2D eigenvalue weighted by Crippen LogP contribution is 2.29. The number of thiophene rings is 1. The Morgan fingerprint density at radius 3 is 2.64 bits per heavy atom. The van der Waals surface area contributed by atoms with Crippen molar-refractivity contribution in [3.8, 4) is 10.7 Å². The van der Waals surface area contributed by atoms with Crippen LogP contribution in [-0.2, 0) is 10.0 Å². The topological polar surface area (TPSA) is 75.2 Å². The van der Waals surface area contributed by atoms with E-state index in [1.807, 2.05) is 48.7 Å². The summed E-state index contributed by atoms with van der Waals surface area (Å²) in [6.07, 6.45) is 2.20. The van der Waals surface area contributed by atoms with Gasteiger partial charge in [-0.2, -0.15) is 0 Å². The van der Waals surface area contributed by atoms with E-state index in [2.05, 4.69) is 5.32 Å². The van der Waals surface area contributed by atoms with E-state index in [9.17, 15) is 8.42 Å². The van der Waals surface area contributed by atoms with Gasteiger partial charge in [-0.15, -0.1) is 11.3 Å². The second-order valence-corrected chi connectivity index (χ2v) is 10.1. The van der Waals surface area contributed by atoms with E-state index < -0.39 is 10.0 Å². The molecule has 0 saturated carbocycles. The maximum absolute atomic E-state index is 12.3. The van der Waals surface area contributed by atoms with E-state index >= 15 is 0 Å². The summed E-state index contributed by atoms with van der Waals surface area (Å²) >= 11 is 1.62. The summed E-state index contributed by atoms with van der Waals surface area (Å²) in [6.45, 7) is 3.01. The third-order valence-corrected chi connectivity index (χ3v) is 7.94. The van der Waals surface area contributed by atoms with Crippen molar-refractivity contribution in [1.82, 2.24) is 14.3 Å². The Balaban J connectivity index is 1.55. The summed E-state index contributed by atoms with van der Waals surface area (Å²) in [6, 6.07) is 12.2. The van der Waals surface area contributed by atoms with E-state index in [0.717, 1.165) is 40.3 Å². The quantitative estimate of drug-likeness (QED) is 0.658. The molecule has 0 unspecified atom stereocenters. The Labute approximate surface area is 169 Å². The minimum Gasteiger partial charge on any atom is -0.367 e. The maximum atomic E-state index is 12.3. The highest BCUT2D eigenvalue weighted by atomic mass is 32.2. The predicted molar refractivity (Wildman–Crippen MR) is 115 cm³/mol. The smallest absolute Gasteiger partial charge is 0.214 e. The first kappa shape index (κ1) is 19.3. The number of aromatic nitrogens is 2. The molecular weight excluding hydrogens is 392 g/mol. The molecule has 0 aliphatic carbocycles. The summed E-state index contributed by atoms with van der Waals surface area (Å²) in [4.78, 5) is 10.5. The molecule has 0 radical (unpaired) electrons. The van der Waals surface area contributed by atoms with Crippen LogP contribution in [0.2, 0.25) is 0 Å². The van der Waals surface area contributed by atoms with Crippen LogP contribution in [0.3, 0.4) is 0 Å². The lowest BCUT2D eigenvalue weighted by Crippen LogP contribution is -2.43. The van der Waals surface area contributed by atoms with Gasteiger partial charge >= 0.3 is 0 Å². The maximum Gasteiger partial charge on any atom is 0.214 e. The molecule has 1 aliphatic rings. The van der Waals surface area contributed by atoms with Gasteiger partial charge in [0.2, 0.25) is 10.0 Å². The van der Waals surface area contributed by atoms with E-state index in [1.165, 1.54) is 0 Å². The van der Waals surface area contributed by atoms with E-state index in [4.69, 9.17) is 9.97 Å². The Hall–Kier alpha value is -2.03. The highest BCUT2D eigenvalue weighted by molar-refractivity contribution is 7.89. The molecule has 1 aromatic carbocycles. The summed E-state index contributed by atoms with van der Waals surface area (Å²) in [5, 5.41) is 6.57. The third kappa shape index (κ3) is 4.04. The van der Waals surface area contributed by atoms with Crippen molar-refractivity contribution in [3.05, 3.63) is 41.8 Å². The van der Waals surface area contributed by atoms with Crippen LogP contribution in [0.1, 0.15) is 26.2 Å². The molecule has 0 atom stereocenters. The molecule has 28 heavy (non-hydrogen) atoms. The molecule has 6 nitrogen and oxygen atoms in total. The van der Waals surface area contributed by atoms with Gasteiger partial charge < -0.3 is 5.32 Å². The summed E-state index contributed by atoms with van der Waals surface area (Å²) in [5.41, 5.74) is 0.909. The van der Waals surface area contributed by atoms with Crippen LogP contribution in [0, 0.1) is 0 Å². The summed E-state index contributed by atoms with van der Waals surface area (Å²) < 4.78 is 26.2. The molecule has 148 valence electrons. The fourth-order valence-corrected chi connectivity index (χ4v) is 5.76. The van der Waals surface area contributed by atoms with Crippen molar-refractivity contribution < 1.29 is 8.42 Å². The van der Waals surface area contributed by atoms with Crippen molar-refractivity contribution in [1.29, 1.82) is 0 Å². The lowest BCUT2D eigenvalue weighted by molar-refractivity contribution is 0.329. The number of para-hydroxylation sites is 1. The highest BCUT2D eigenvalue weighted by Gasteiger charge is 2.27. The molecule has 0 bridgehead atoms. The van der Waals surface area contributed by atoms with E-state index in [1.54, 1.807) is 15.6 Å². The second-order valence-electron chi connectivity index (χ2n) is 7.02. The van der Waals surface area contributed by atoms with Crippen LogP contribution in [0.4, 0.5) is 5.82 Å². The summed E-state index contributed by atoms with van der Waals surface area (Å²) in [5.74, 6) is 1.77. The fourth-order valence-electron chi connectivity index (χ4n) is 3.56. The molecule has 3 aromatic rings. The van der Waals surface area contributed by atoms with Gasteiger partial charge in [0.1, 0.15) is 5.82 Å². The van der Waals surface area contributed by atoms with Gasteiger partial charge in [0, 0.05) is 24.5 Å². The first-order chi connectivity index (χ1) is 13.6. The Morgan fingerprint density at radius 1 is 1.14 bits per heavy atom. The van der Waals surface area contributed by atoms with E-state index in [-0.39, 0.29) is 11.8 Å². The molecule has 1 saturated heterocycles. The zero-order valence-electron chi connectivity index (χ0n) is 15.8. The van der Waals surface area contributed by atoms with Crippen LogP contribution in [0.15, 0.2) is 41.8 Å². The van der Waals surface area contributed by atoms with Gasteiger partial charge in [0.25, 0.3) is 0 Å². The van der Waals surface area contributed by atoms with Gasteiger partial charge in [-0.25, -0.2) is 22.7 Å². The van der Waals surface area contributed by atoms with Crippen molar-refractivity contribution in [2.75, 3.05) is 24.2 Å². The van der Waals surface area contributed by atoms with Crippen molar-refractivity contribution in [3.63, 3.8) is 0 Å². The van der Waals surface area contributed by atoms with Gasteiger partial charge in [0.05, 0.1) is 16.1 Å². The molecule has 2 aromatic heterocycles. The number of hydrogen-bond acceptors (Lipinski definition) is 6. The lowest BCUT2D eigenvalue weighted by atomic mass is 10.1. The molecule has 3 heterocycles. The molecular formula is C20H24N4O2S2.